The second-order valence-electron chi connectivity index (χ2n) is 9.61. The number of pyridine rings is 1. The number of ether oxygens (including phenoxy) is 2. The lowest BCUT2D eigenvalue weighted by Crippen LogP contribution is -2.48. The number of para-hydroxylation sites is 2. The number of carbonyl (C=O) groups is 2. The number of aromatic nitrogens is 1. The van der Waals surface area contributed by atoms with Crippen molar-refractivity contribution in [3.05, 3.63) is 88.4 Å². The van der Waals surface area contributed by atoms with Gasteiger partial charge >= 0.3 is 6.36 Å². The standard InChI is InChI=1S/C30H26BrF3N2O3.CH2O2/c1-18-27(21-17-20(31)15-16-22(21)35-28(18)19-9-3-2-4-10-19)29(37)36-23-11-5-6-12-24(23)38-25-13-7-8-14-26(25)39-30(32,33)34;2-1-3/h2-4,7-10,13-17,23-24H,5-6,11-12H2,1H3,(H,36,37);1H,(H,2,3). The Morgan fingerprint density at radius 2 is 1.67 bits per heavy atom. The molecule has 1 aliphatic carbocycles. The van der Waals surface area contributed by atoms with Gasteiger partial charge in [-0.25, -0.2) is 4.98 Å². The Morgan fingerprint density at radius 1 is 1.02 bits per heavy atom. The summed E-state index contributed by atoms with van der Waals surface area (Å²) in [5, 5.41) is 10.7. The minimum Gasteiger partial charge on any atom is -0.484 e. The Labute approximate surface area is 248 Å². The maximum absolute atomic E-state index is 13.9. The van der Waals surface area contributed by atoms with Gasteiger partial charge in [-0.3, -0.25) is 9.59 Å². The molecule has 1 fully saturated rings. The SMILES string of the molecule is Cc1c(-c2ccccc2)nc2ccc(Br)cc2c1C(=O)NC1CCCCC1Oc1ccccc1OC(F)(F)F.O=CO. The van der Waals surface area contributed by atoms with Gasteiger partial charge in [-0.15, -0.1) is 13.2 Å². The van der Waals surface area contributed by atoms with Gasteiger partial charge in [-0.1, -0.05) is 64.8 Å². The number of fused-ring (bicyclic) bond motifs is 1. The Bertz CT molecular complexity index is 1550. The van der Waals surface area contributed by atoms with Crippen LogP contribution in [0.4, 0.5) is 13.2 Å². The van der Waals surface area contributed by atoms with E-state index in [1.165, 1.54) is 18.2 Å². The third kappa shape index (κ3) is 7.58. The van der Waals surface area contributed by atoms with Crippen LogP contribution in [-0.4, -0.2) is 41.0 Å². The normalized spacial score (nSPS) is 16.6. The molecule has 5 rings (SSSR count). The van der Waals surface area contributed by atoms with Crippen LogP contribution in [-0.2, 0) is 4.79 Å². The molecular weight excluding hydrogens is 617 g/mol. The molecule has 42 heavy (non-hydrogen) atoms. The highest BCUT2D eigenvalue weighted by Gasteiger charge is 2.34. The highest BCUT2D eigenvalue weighted by atomic mass is 79.9. The first-order chi connectivity index (χ1) is 20.1. The number of alkyl halides is 3. The molecular formula is C31H28BrF3N2O5. The molecule has 1 aromatic heterocycles. The summed E-state index contributed by atoms with van der Waals surface area (Å²) in [5.41, 5.74) is 3.54. The van der Waals surface area contributed by atoms with Crippen LogP contribution in [0, 0.1) is 6.92 Å². The number of carboxylic acid groups (broad SMARTS) is 1. The molecule has 2 unspecified atom stereocenters. The summed E-state index contributed by atoms with van der Waals surface area (Å²) in [6, 6.07) is 20.6. The molecule has 1 aliphatic rings. The summed E-state index contributed by atoms with van der Waals surface area (Å²) in [4.78, 5) is 27.1. The van der Waals surface area contributed by atoms with Crippen LogP contribution >= 0.6 is 15.9 Å². The van der Waals surface area contributed by atoms with Crippen LogP contribution in [0.1, 0.15) is 41.6 Å². The molecule has 1 amide bonds. The van der Waals surface area contributed by atoms with E-state index in [1.807, 2.05) is 55.5 Å². The number of amides is 1. The van der Waals surface area contributed by atoms with Crippen molar-refractivity contribution in [2.75, 3.05) is 0 Å². The highest BCUT2D eigenvalue weighted by Crippen LogP contribution is 2.35. The summed E-state index contributed by atoms with van der Waals surface area (Å²) >= 11 is 3.50. The largest absolute Gasteiger partial charge is 0.573 e. The lowest BCUT2D eigenvalue weighted by molar-refractivity contribution is -0.275. The van der Waals surface area contributed by atoms with Gasteiger partial charge in [0.15, 0.2) is 11.5 Å². The van der Waals surface area contributed by atoms with E-state index in [1.54, 1.807) is 6.07 Å². The van der Waals surface area contributed by atoms with Crippen molar-refractivity contribution >= 4 is 39.2 Å². The summed E-state index contributed by atoms with van der Waals surface area (Å²) < 4.78 is 49.9. The average molecular weight is 645 g/mol. The predicted molar refractivity (Wildman–Crippen MR) is 156 cm³/mol. The molecule has 3 aromatic carbocycles. The first-order valence-electron chi connectivity index (χ1n) is 13.2. The van der Waals surface area contributed by atoms with Gasteiger partial charge in [0.05, 0.1) is 22.8 Å². The lowest BCUT2D eigenvalue weighted by atomic mass is 9.91. The average Bonchev–Trinajstić information content (AvgIpc) is 2.95. The Morgan fingerprint density at radius 3 is 2.36 bits per heavy atom. The van der Waals surface area contributed by atoms with E-state index in [4.69, 9.17) is 19.6 Å². The summed E-state index contributed by atoms with van der Waals surface area (Å²) in [7, 11) is 0. The van der Waals surface area contributed by atoms with E-state index in [9.17, 15) is 18.0 Å². The van der Waals surface area contributed by atoms with E-state index in [-0.39, 0.29) is 18.1 Å². The molecule has 1 saturated carbocycles. The van der Waals surface area contributed by atoms with Gasteiger partial charge in [-0.05, 0) is 62.1 Å². The molecule has 7 nitrogen and oxygen atoms in total. The predicted octanol–water partition coefficient (Wildman–Crippen LogP) is 7.69. The zero-order valence-corrected chi connectivity index (χ0v) is 24.1. The third-order valence-corrected chi connectivity index (χ3v) is 7.33. The second-order valence-corrected chi connectivity index (χ2v) is 10.5. The van der Waals surface area contributed by atoms with Crippen molar-refractivity contribution in [2.24, 2.45) is 0 Å². The molecule has 0 saturated heterocycles. The van der Waals surface area contributed by atoms with Crippen LogP contribution in [0.2, 0.25) is 0 Å². The van der Waals surface area contributed by atoms with Crippen LogP contribution in [0.3, 0.4) is 0 Å². The fourth-order valence-corrected chi connectivity index (χ4v) is 5.42. The Balaban J connectivity index is 0.00000129. The van der Waals surface area contributed by atoms with Crippen molar-refractivity contribution in [3.63, 3.8) is 0 Å². The van der Waals surface area contributed by atoms with Gasteiger partial charge in [0, 0.05) is 15.4 Å². The fraction of sp³-hybridized carbons (Fsp3) is 0.258. The monoisotopic (exact) mass is 644 g/mol. The first kappa shape index (κ1) is 30.8. The number of hydrogen-bond acceptors (Lipinski definition) is 5. The Hall–Kier alpha value is -4.12. The number of halogens is 4. The van der Waals surface area contributed by atoms with Crippen molar-refractivity contribution < 1.29 is 37.3 Å². The minimum absolute atomic E-state index is 0.0122. The lowest BCUT2D eigenvalue weighted by Gasteiger charge is -2.33. The maximum Gasteiger partial charge on any atom is 0.573 e. The number of nitrogens with one attached hydrogen (secondary N) is 1. The van der Waals surface area contributed by atoms with Gasteiger partial charge in [0.25, 0.3) is 12.4 Å². The number of benzene rings is 3. The molecule has 2 N–H and O–H groups in total. The zero-order chi connectivity index (χ0) is 30.3. The number of hydrogen-bond donors (Lipinski definition) is 2. The van der Waals surface area contributed by atoms with Crippen molar-refractivity contribution in [1.82, 2.24) is 10.3 Å². The van der Waals surface area contributed by atoms with Crippen LogP contribution in [0.15, 0.2) is 77.3 Å². The quantitative estimate of drug-likeness (QED) is 0.209. The first-order valence-corrected chi connectivity index (χ1v) is 14.0. The molecule has 1 heterocycles. The molecule has 4 aromatic rings. The molecule has 0 aliphatic heterocycles. The minimum atomic E-state index is -4.84. The van der Waals surface area contributed by atoms with E-state index in [2.05, 4.69) is 26.0 Å². The highest BCUT2D eigenvalue weighted by molar-refractivity contribution is 9.10. The van der Waals surface area contributed by atoms with E-state index in [0.29, 0.717) is 35.0 Å². The molecule has 0 bridgehead atoms. The molecule has 0 radical (unpaired) electrons. The van der Waals surface area contributed by atoms with Crippen LogP contribution < -0.4 is 14.8 Å². The van der Waals surface area contributed by atoms with Crippen LogP contribution in [0.25, 0.3) is 22.2 Å². The van der Waals surface area contributed by atoms with Crippen molar-refractivity contribution in [1.29, 1.82) is 0 Å². The third-order valence-electron chi connectivity index (χ3n) is 6.84. The van der Waals surface area contributed by atoms with Gasteiger partial charge in [-0.2, -0.15) is 0 Å². The van der Waals surface area contributed by atoms with Crippen molar-refractivity contribution in [3.8, 4) is 22.8 Å². The fourth-order valence-electron chi connectivity index (χ4n) is 5.06. The van der Waals surface area contributed by atoms with Crippen molar-refractivity contribution in [2.45, 2.75) is 51.1 Å². The maximum atomic E-state index is 13.9. The van der Waals surface area contributed by atoms with Gasteiger partial charge < -0.3 is 19.9 Å². The van der Waals surface area contributed by atoms with E-state index < -0.39 is 24.3 Å². The summed E-state index contributed by atoms with van der Waals surface area (Å²) in [6.45, 7) is 1.63. The number of nitrogens with zero attached hydrogens (tertiary/aromatic N) is 1. The van der Waals surface area contributed by atoms with E-state index >= 15 is 0 Å². The molecule has 0 spiro atoms. The zero-order valence-electron chi connectivity index (χ0n) is 22.5. The Kier molecular flexibility index (Phi) is 10.1. The summed E-state index contributed by atoms with van der Waals surface area (Å²) in [5.74, 6) is -0.703. The summed E-state index contributed by atoms with van der Waals surface area (Å²) in [6.07, 6.45) is -2.44. The van der Waals surface area contributed by atoms with Gasteiger partial charge in [0.2, 0.25) is 0 Å². The second kappa shape index (κ2) is 13.7. The van der Waals surface area contributed by atoms with E-state index in [0.717, 1.165) is 28.4 Å². The molecule has 2 atom stereocenters. The number of rotatable bonds is 6. The topological polar surface area (TPSA) is 97.8 Å². The molecule has 11 heteroatoms. The number of carbonyl (C=O) groups excluding carboxylic acids is 1. The smallest absolute Gasteiger partial charge is 0.484 e. The van der Waals surface area contributed by atoms with Crippen LogP contribution in [0.5, 0.6) is 11.5 Å². The molecule has 220 valence electrons. The van der Waals surface area contributed by atoms with Gasteiger partial charge in [0.1, 0.15) is 6.10 Å².